The monoisotopic (exact) mass is 348 g/mol. The Morgan fingerprint density at radius 1 is 1.42 bits per heavy atom. The topological polar surface area (TPSA) is 53.3 Å². The van der Waals surface area contributed by atoms with E-state index in [1.807, 2.05) is 19.1 Å². The maximum atomic E-state index is 12.3. The van der Waals surface area contributed by atoms with E-state index in [-0.39, 0.29) is 18.6 Å². The predicted molar refractivity (Wildman–Crippen MR) is 95.2 cm³/mol. The molecule has 0 N–H and O–H groups in total. The minimum absolute atomic E-state index is 0.0202. The number of carbonyl (C=O) groups is 1. The summed E-state index contributed by atoms with van der Waals surface area (Å²) in [6.45, 7) is 1.84. The number of rotatable bonds is 6. The second-order valence-electron chi connectivity index (χ2n) is 6.52. The van der Waals surface area contributed by atoms with E-state index in [9.17, 15) is 4.79 Å². The van der Waals surface area contributed by atoms with Gasteiger partial charge in [0.05, 0.1) is 12.5 Å². The van der Waals surface area contributed by atoms with Crippen molar-refractivity contribution in [3.63, 3.8) is 0 Å². The molecular weight excluding hydrogens is 324 g/mol. The molecule has 1 aromatic carbocycles. The second-order valence-corrected chi connectivity index (χ2v) is 6.96. The lowest BCUT2D eigenvalue weighted by atomic mass is 9.84. The van der Waals surface area contributed by atoms with Gasteiger partial charge in [-0.2, -0.15) is 5.26 Å². The molecule has 0 bridgehead atoms. The van der Waals surface area contributed by atoms with Crippen molar-refractivity contribution in [3.05, 3.63) is 28.8 Å². The zero-order chi connectivity index (χ0) is 17.5. The van der Waals surface area contributed by atoms with Crippen LogP contribution >= 0.6 is 11.6 Å². The summed E-state index contributed by atoms with van der Waals surface area (Å²) < 4.78 is 5.82. The van der Waals surface area contributed by atoms with Crippen molar-refractivity contribution in [2.45, 2.75) is 57.4 Å². The Morgan fingerprint density at radius 2 is 2.12 bits per heavy atom. The van der Waals surface area contributed by atoms with E-state index < -0.39 is 0 Å². The third-order valence-electron chi connectivity index (χ3n) is 4.81. The number of hydrogen-bond acceptors (Lipinski definition) is 3. The summed E-state index contributed by atoms with van der Waals surface area (Å²) in [5, 5.41) is 9.45. The highest BCUT2D eigenvalue weighted by Gasteiger charge is 2.21. The van der Waals surface area contributed by atoms with Crippen LogP contribution in [0.1, 0.15) is 56.9 Å². The average Bonchev–Trinajstić information content (AvgIpc) is 2.60. The first kappa shape index (κ1) is 18.6. The molecule has 1 saturated carbocycles. The smallest absolute Gasteiger partial charge is 0.260 e. The molecule has 24 heavy (non-hydrogen) atoms. The number of amides is 1. The van der Waals surface area contributed by atoms with Gasteiger partial charge >= 0.3 is 0 Å². The van der Waals surface area contributed by atoms with Gasteiger partial charge in [-0.05, 0) is 49.4 Å². The van der Waals surface area contributed by atoms with Crippen LogP contribution < -0.4 is 4.74 Å². The summed E-state index contributed by atoms with van der Waals surface area (Å²) in [4.78, 5) is 13.8. The Balaban J connectivity index is 2.04. The van der Waals surface area contributed by atoms with Gasteiger partial charge in [0.2, 0.25) is 0 Å². The molecule has 1 amide bonds. The van der Waals surface area contributed by atoms with E-state index in [1.54, 1.807) is 18.0 Å². The minimum atomic E-state index is -0.123. The molecule has 0 saturated heterocycles. The quantitative estimate of drug-likeness (QED) is 0.759. The van der Waals surface area contributed by atoms with Gasteiger partial charge in [0.25, 0.3) is 5.91 Å². The number of likely N-dealkylation sites (N-methyl/N-ethyl adjacent to an activating group) is 1. The highest BCUT2D eigenvalue weighted by atomic mass is 35.5. The van der Waals surface area contributed by atoms with Crippen LogP contribution in [0.15, 0.2) is 18.2 Å². The summed E-state index contributed by atoms with van der Waals surface area (Å²) in [5.41, 5.74) is 1.11. The average molecular weight is 349 g/mol. The summed E-state index contributed by atoms with van der Waals surface area (Å²) in [5.74, 6) is 1.08. The predicted octanol–water partition coefficient (Wildman–Crippen LogP) is 4.53. The van der Waals surface area contributed by atoms with Gasteiger partial charge in [-0.3, -0.25) is 4.79 Å². The molecule has 1 unspecified atom stereocenters. The van der Waals surface area contributed by atoms with Crippen molar-refractivity contribution in [1.82, 2.24) is 4.90 Å². The highest BCUT2D eigenvalue weighted by molar-refractivity contribution is 6.30. The molecule has 0 aliphatic heterocycles. The van der Waals surface area contributed by atoms with Gasteiger partial charge in [-0.1, -0.05) is 30.9 Å². The van der Waals surface area contributed by atoms with Crippen molar-refractivity contribution < 1.29 is 9.53 Å². The van der Waals surface area contributed by atoms with Crippen LogP contribution in [-0.4, -0.2) is 30.5 Å². The van der Waals surface area contributed by atoms with Crippen molar-refractivity contribution in [2.75, 3.05) is 13.7 Å². The van der Waals surface area contributed by atoms with Crippen LogP contribution in [0.5, 0.6) is 5.75 Å². The Labute approximate surface area is 149 Å². The molecule has 1 aromatic rings. The van der Waals surface area contributed by atoms with Crippen LogP contribution in [0.2, 0.25) is 5.02 Å². The molecule has 1 aliphatic carbocycles. The van der Waals surface area contributed by atoms with Gasteiger partial charge in [-0.15, -0.1) is 0 Å². The molecular formula is C19H25ClN2O2. The van der Waals surface area contributed by atoms with E-state index in [2.05, 4.69) is 6.07 Å². The van der Waals surface area contributed by atoms with Crippen molar-refractivity contribution >= 4 is 17.5 Å². The fourth-order valence-electron chi connectivity index (χ4n) is 3.14. The van der Waals surface area contributed by atoms with E-state index >= 15 is 0 Å². The van der Waals surface area contributed by atoms with Crippen LogP contribution in [0, 0.1) is 11.3 Å². The highest BCUT2D eigenvalue weighted by Crippen LogP contribution is 2.38. The minimum Gasteiger partial charge on any atom is -0.483 e. The molecule has 2 rings (SSSR count). The van der Waals surface area contributed by atoms with Gasteiger partial charge in [0.15, 0.2) is 6.61 Å². The maximum Gasteiger partial charge on any atom is 0.260 e. The molecule has 1 fully saturated rings. The number of nitrogens with zero attached hydrogens (tertiary/aromatic N) is 2. The lowest BCUT2D eigenvalue weighted by molar-refractivity contribution is -0.133. The SMILES string of the molecule is CC(CC#N)N(C)C(=O)COc1ccc(Cl)cc1C1CCCCC1. The van der Waals surface area contributed by atoms with Gasteiger partial charge in [-0.25, -0.2) is 0 Å². The first-order chi connectivity index (χ1) is 11.5. The first-order valence-electron chi connectivity index (χ1n) is 8.57. The number of hydrogen-bond donors (Lipinski definition) is 0. The molecule has 4 nitrogen and oxygen atoms in total. The number of carbonyl (C=O) groups excluding carboxylic acids is 1. The molecule has 5 heteroatoms. The van der Waals surface area contributed by atoms with Crippen LogP contribution in [-0.2, 0) is 4.79 Å². The lowest BCUT2D eigenvalue weighted by Gasteiger charge is -2.26. The standard InChI is InChI=1S/C19H25ClN2O2/c1-14(10-11-21)22(2)19(23)13-24-18-9-8-16(20)12-17(18)15-6-4-3-5-7-15/h8-9,12,14-15H,3-7,10,13H2,1-2H3. The van der Waals surface area contributed by atoms with Gasteiger partial charge < -0.3 is 9.64 Å². The van der Waals surface area contributed by atoms with E-state index in [0.29, 0.717) is 17.4 Å². The first-order valence-corrected chi connectivity index (χ1v) is 8.95. The number of halogens is 1. The third kappa shape index (κ3) is 4.88. The second kappa shape index (κ2) is 8.94. The molecule has 1 aliphatic rings. The molecule has 0 heterocycles. The van der Waals surface area contributed by atoms with Gasteiger partial charge in [0.1, 0.15) is 5.75 Å². The lowest BCUT2D eigenvalue weighted by Crippen LogP contribution is -2.38. The molecule has 1 atom stereocenters. The Kier molecular flexibility index (Phi) is 6.93. The zero-order valence-electron chi connectivity index (χ0n) is 14.4. The van der Waals surface area contributed by atoms with Gasteiger partial charge in [0, 0.05) is 18.1 Å². The van der Waals surface area contributed by atoms with E-state index in [4.69, 9.17) is 21.6 Å². The fourth-order valence-corrected chi connectivity index (χ4v) is 3.32. The summed E-state index contributed by atoms with van der Waals surface area (Å²) in [7, 11) is 1.71. The van der Waals surface area contributed by atoms with Crippen LogP contribution in [0.3, 0.4) is 0 Å². The Hall–Kier alpha value is -1.73. The van der Waals surface area contributed by atoms with Crippen molar-refractivity contribution in [3.8, 4) is 11.8 Å². The third-order valence-corrected chi connectivity index (χ3v) is 5.04. The number of ether oxygens (including phenoxy) is 1. The summed E-state index contributed by atoms with van der Waals surface area (Å²) in [6, 6.07) is 7.60. The molecule has 0 spiro atoms. The van der Waals surface area contributed by atoms with Crippen LogP contribution in [0.25, 0.3) is 0 Å². The molecule has 0 aromatic heterocycles. The van der Waals surface area contributed by atoms with Crippen LogP contribution in [0.4, 0.5) is 0 Å². The Bertz CT molecular complexity index is 606. The number of nitriles is 1. The molecule has 0 radical (unpaired) electrons. The van der Waals surface area contributed by atoms with E-state index in [0.717, 1.165) is 24.2 Å². The zero-order valence-corrected chi connectivity index (χ0v) is 15.2. The summed E-state index contributed by atoms with van der Waals surface area (Å²) >= 11 is 6.16. The fraction of sp³-hybridized carbons (Fsp3) is 0.579. The normalized spacial score (nSPS) is 16.2. The van der Waals surface area contributed by atoms with Crippen molar-refractivity contribution in [2.24, 2.45) is 0 Å². The molecule has 130 valence electrons. The van der Waals surface area contributed by atoms with E-state index in [1.165, 1.54) is 19.3 Å². The Morgan fingerprint density at radius 3 is 2.79 bits per heavy atom. The number of benzene rings is 1. The largest absolute Gasteiger partial charge is 0.483 e. The van der Waals surface area contributed by atoms with Crippen molar-refractivity contribution in [1.29, 1.82) is 5.26 Å². The maximum absolute atomic E-state index is 12.3. The summed E-state index contributed by atoms with van der Waals surface area (Å²) in [6.07, 6.45) is 6.34.